The molecule has 3 rings (SSSR count). The minimum atomic E-state index is -0.529. The summed E-state index contributed by atoms with van der Waals surface area (Å²) in [5.41, 5.74) is 0.686. The summed E-state index contributed by atoms with van der Waals surface area (Å²) >= 11 is 0. The highest BCUT2D eigenvalue weighted by molar-refractivity contribution is 5.92. The Bertz CT molecular complexity index is 810. The van der Waals surface area contributed by atoms with Gasteiger partial charge in [-0.05, 0) is 55.3 Å². The Hall–Kier alpha value is -2.90. The van der Waals surface area contributed by atoms with Gasteiger partial charge >= 0.3 is 11.9 Å². The van der Waals surface area contributed by atoms with Crippen LogP contribution in [0.4, 0.5) is 0 Å². The van der Waals surface area contributed by atoms with Crippen LogP contribution in [0.25, 0.3) is 0 Å². The second kappa shape index (κ2) is 10.6. The fourth-order valence-electron chi connectivity index (χ4n) is 2.81. The first kappa shape index (κ1) is 20.8. The minimum Gasteiger partial charge on any atom is -0.491 e. The lowest BCUT2D eigenvalue weighted by Gasteiger charge is -2.11. The number of carbonyl (C=O) groups excluding carboxylic acids is 2. The zero-order chi connectivity index (χ0) is 20.5. The van der Waals surface area contributed by atoms with Gasteiger partial charge in [-0.3, -0.25) is 0 Å². The molecule has 0 spiro atoms. The summed E-state index contributed by atoms with van der Waals surface area (Å²) in [6.45, 7) is 1.84. The number of benzene rings is 2. The van der Waals surface area contributed by atoms with Gasteiger partial charge in [-0.2, -0.15) is 0 Å². The fraction of sp³-hybridized carbons (Fsp3) is 0.364. The SMILES string of the molecule is COCCOc1ccc(C(=O)Oc2cccc(C(=O)OCC3CCCO3)c2)cc1. The number of hydrogen-bond donors (Lipinski definition) is 0. The summed E-state index contributed by atoms with van der Waals surface area (Å²) in [4.78, 5) is 24.6. The van der Waals surface area contributed by atoms with Crippen LogP contribution in [-0.2, 0) is 14.2 Å². The molecule has 1 aliphatic heterocycles. The summed E-state index contributed by atoms with van der Waals surface area (Å²) in [6.07, 6.45) is 1.83. The van der Waals surface area contributed by atoms with Crippen molar-refractivity contribution >= 4 is 11.9 Å². The molecule has 0 amide bonds. The maximum absolute atomic E-state index is 12.4. The van der Waals surface area contributed by atoms with Crippen molar-refractivity contribution in [2.24, 2.45) is 0 Å². The Morgan fingerprint density at radius 3 is 2.55 bits per heavy atom. The summed E-state index contributed by atoms with van der Waals surface area (Å²) in [5, 5.41) is 0. The van der Waals surface area contributed by atoms with Crippen LogP contribution in [0.1, 0.15) is 33.6 Å². The molecular formula is C22H24O7. The van der Waals surface area contributed by atoms with Crippen molar-refractivity contribution in [1.82, 2.24) is 0 Å². The highest BCUT2D eigenvalue weighted by Gasteiger charge is 2.18. The highest BCUT2D eigenvalue weighted by Crippen LogP contribution is 2.19. The van der Waals surface area contributed by atoms with Crippen LogP contribution in [0.5, 0.6) is 11.5 Å². The van der Waals surface area contributed by atoms with E-state index < -0.39 is 11.9 Å². The first-order chi connectivity index (χ1) is 14.2. The van der Waals surface area contributed by atoms with E-state index in [-0.39, 0.29) is 18.5 Å². The number of carbonyl (C=O) groups is 2. The molecule has 7 heteroatoms. The van der Waals surface area contributed by atoms with Crippen molar-refractivity contribution in [3.63, 3.8) is 0 Å². The molecule has 0 bridgehead atoms. The van der Waals surface area contributed by atoms with Gasteiger partial charge in [0.25, 0.3) is 0 Å². The fourth-order valence-corrected chi connectivity index (χ4v) is 2.81. The van der Waals surface area contributed by atoms with Crippen LogP contribution in [0.15, 0.2) is 48.5 Å². The van der Waals surface area contributed by atoms with Crippen molar-refractivity contribution in [3.05, 3.63) is 59.7 Å². The molecule has 1 unspecified atom stereocenters. The molecule has 1 aliphatic rings. The van der Waals surface area contributed by atoms with Gasteiger partial charge in [-0.1, -0.05) is 6.07 Å². The standard InChI is InChI=1S/C22H24O7/c1-25-12-13-27-18-9-7-16(8-10-18)22(24)29-19-5-2-4-17(14-19)21(23)28-15-20-6-3-11-26-20/h2,4-5,7-10,14,20H,3,6,11-13,15H2,1H3. The van der Waals surface area contributed by atoms with Crippen molar-refractivity contribution in [1.29, 1.82) is 0 Å². The Kier molecular flexibility index (Phi) is 7.61. The van der Waals surface area contributed by atoms with E-state index in [4.69, 9.17) is 23.7 Å². The average molecular weight is 400 g/mol. The first-order valence-electron chi connectivity index (χ1n) is 9.48. The van der Waals surface area contributed by atoms with E-state index in [0.717, 1.165) is 12.8 Å². The molecule has 0 aliphatic carbocycles. The molecule has 0 radical (unpaired) electrons. The summed E-state index contributed by atoms with van der Waals surface area (Å²) in [7, 11) is 1.60. The second-order valence-corrected chi connectivity index (χ2v) is 6.52. The van der Waals surface area contributed by atoms with Crippen molar-refractivity contribution < 1.29 is 33.3 Å². The topological polar surface area (TPSA) is 80.3 Å². The van der Waals surface area contributed by atoms with E-state index in [1.54, 1.807) is 49.6 Å². The quantitative estimate of drug-likeness (QED) is 0.363. The molecule has 2 aromatic carbocycles. The number of ether oxygens (including phenoxy) is 5. The number of esters is 2. The average Bonchev–Trinajstić information content (AvgIpc) is 3.26. The van der Waals surface area contributed by atoms with Gasteiger partial charge in [0, 0.05) is 13.7 Å². The molecule has 2 aromatic rings. The maximum Gasteiger partial charge on any atom is 0.343 e. The van der Waals surface area contributed by atoms with Crippen LogP contribution in [0.2, 0.25) is 0 Å². The minimum absolute atomic E-state index is 0.0404. The monoisotopic (exact) mass is 400 g/mol. The van der Waals surface area contributed by atoms with Gasteiger partial charge < -0.3 is 23.7 Å². The van der Waals surface area contributed by atoms with E-state index in [1.807, 2.05) is 0 Å². The molecule has 0 aromatic heterocycles. The van der Waals surface area contributed by atoms with Crippen molar-refractivity contribution in [2.45, 2.75) is 18.9 Å². The van der Waals surface area contributed by atoms with E-state index in [1.165, 1.54) is 6.07 Å². The lowest BCUT2D eigenvalue weighted by Crippen LogP contribution is -2.18. The smallest absolute Gasteiger partial charge is 0.343 e. The van der Waals surface area contributed by atoms with E-state index >= 15 is 0 Å². The van der Waals surface area contributed by atoms with E-state index in [0.29, 0.717) is 36.7 Å². The normalized spacial score (nSPS) is 15.7. The third-order valence-electron chi connectivity index (χ3n) is 4.35. The Labute approximate surface area is 169 Å². The van der Waals surface area contributed by atoms with E-state index in [2.05, 4.69) is 0 Å². The molecule has 154 valence electrons. The van der Waals surface area contributed by atoms with Crippen LogP contribution >= 0.6 is 0 Å². The summed E-state index contributed by atoms with van der Waals surface area (Å²) < 4.78 is 26.5. The molecule has 0 N–H and O–H groups in total. The van der Waals surface area contributed by atoms with Gasteiger partial charge in [0.1, 0.15) is 24.7 Å². The predicted octanol–water partition coefficient (Wildman–Crippen LogP) is 3.27. The second-order valence-electron chi connectivity index (χ2n) is 6.52. The Morgan fingerprint density at radius 2 is 1.83 bits per heavy atom. The maximum atomic E-state index is 12.4. The summed E-state index contributed by atoms with van der Waals surface area (Å²) in [6, 6.07) is 12.9. The molecule has 29 heavy (non-hydrogen) atoms. The molecule has 1 saturated heterocycles. The lowest BCUT2D eigenvalue weighted by molar-refractivity contribution is 0.0161. The molecule has 1 atom stereocenters. The predicted molar refractivity (Wildman–Crippen MR) is 104 cm³/mol. The first-order valence-corrected chi connectivity index (χ1v) is 9.48. The van der Waals surface area contributed by atoms with Crippen molar-refractivity contribution in [3.8, 4) is 11.5 Å². The van der Waals surface area contributed by atoms with Crippen LogP contribution in [0.3, 0.4) is 0 Å². The van der Waals surface area contributed by atoms with Gasteiger partial charge in [0.15, 0.2) is 0 Å². The zero-order valence-electron chi connectivity index (χ0n) is 16.3. The third kappa shape index (κ3) is 6.30. The van der Waals surface area contributed by atoms with Crippen molar-refractivity contribution in [2.75, 3.05) is 33.5 Å². The van der Waals surface area contributed by atoms with Gasteiger partial charge in [0.2, 0.25) is 0 Å². The largest absolute Gasteiger partial charge is 0.491 e. The zero-order valence-corrected chi connectivity index (χ0v) is 16.3. The lowest BCUT2D eigenvalue weighted by atomic mass is 10.2. The Balaban J connectivity index is 1.54. The third-order valence-corrected chi connectivity index (χ3v) is 4.35. The molecule has 7 nitrogen and oxygen atoms in total. The number of hydrogen-bond acceptors (Lipinski definition) is 7. The molecule has 1 fully saturated rings. The summed E-state index contributed by atoms with van der Waals surface area (Å²) in [5.74, 6) is -0.106. The van der Waals surface area contributed by atoms with Gasteiger partial charge in [-0.25, -0.2) is 9.59 Å². The van der Waals surface area contributed by atoms with Gasteiger partial charge in [-0.15, -0.1) is 0 Å². The van der Waals surface area contributed by atoms with E-state index in [9.17, 15) is 9.59 Å². The van der Waals surface area contributed by atoms with Crippen LogP contribution in [-0.4, -0.2) is 51.6 Å². The number of rotatable bonds is 9. The highest BCUT2D eigenvalue weighted by atomic mass is 16.6. The van der Waals surface area contributed by atoms with Crippen LogP contribution in [0, 0.1) is 0 Å². The van der Waals surface area contributed by atoms with Crippen LogP contribution < -0.4 is 9.47 Å². The number of methoxy groups -OCH3 is 1. The Morgan fingerprint density at radius 1 is 1.00 bits per heavy atom. The van der Waals surface area contributed by atoms with Gasteiger partial charge in [0.05, 0.1) is 23.8 Å². The molecular weight excluding hydrogens is 376 g/mol. The molecule has 0 saturated carbocycles. The molecule has 1 heterocycles.